The Kier molecular flexibility index (Phi) is 3.95. The highest BCUT2D eigenvalue weighted by atomic mass is 16.3. The van der Waals surface area contributed by atoms with Gasteiger partial charge >= 0.3 is 0 Å². The summed E-state index contributed by atoms with van der Waals surface area (Å²) in [5.41, 5.74) is 2.98. The quantitative estimate of drug-likeness (QED) is 0.653. The van der Waals surface area contributed by atoms with Gasteiger partial charge in [-0.25, -0.2) is 0 Å². The maximum atomic E-state index is 11.7. The minimum Gasteiger partial charge on any atom is -0.376 e. The van der Waals surface area contributed by atoms with Gasteiger partial charge in [0.2, 0.25) is 0 Å². The van der Waals surface area contributed by atoms with E-state index in [4.69, 9.17) is 0 Å². The molecule has 0 aromatic heterocycles. The average molecular weight is 314 g/mol. The van der Waals surface area contributed by atoms with Crippen LogP contribution < -0.4 is 0 Å². The van der Waals surface area contributed by atoms with Crippen LogP contribution in [0.2, 0.25) is 0 Å². The first kappa shape index (κ1) is 15.2. The van der Waals surface area contributed by atoms with Crippen LogP contribution in [0.15, 0.2) is 84.9 Å². The Hall–Kier alpha value is -2.38. The SMILES string of the molecule is OC(c1ccccc1)(c1ccccc1)c1ccc(C2CCC2)cc1. The zero-order chi connectivity index (χ0) is 16.4. The summed E-state index contributed by atoms with van der Waals surface area (Å²) in [4.78, 5) is 0. The van der Waals surface area contributed by atoms with Crippen molar-refractivity contribution in [2.75, 3.05) is 0 Å². The molecule has 120 valence electrons. The van der Waals surface area contributed by atoms with Crippen LogP contribution in [-0.4, -0.2) is 5.11 Å². The van der Waals surface area contributed by atoms with Gasteiger partial charge in [0.05, 0.1) is 0 Å². The molecule has 0 radical (unpaired) electrons. The van der Waals surface area contributed by atoms with E-state index in [9.17, 15) is 5.11 Å². The summed E-state index contributed by atoms with van der Waals surface area (Å²) < 4.78 is 0. The Labute approximate surface area is 143 Å². The fourth-order valence-electron chi connectivity index (χ4n) is 3.60. The maximum Gasteiger partial charge on any atom is 0.140 e. The van der Waals surface area contributed by atoms with E-state index in [-0.39, 0.29) is 0 Å². The Balaban J connectivity index is 1.81. The van der Waals surface area contributed by atoms with Crippen LogP contribution >= 0.6 is 0 Å². The smallest absolute Gasteiger partial charge is 0.140 e. The molecule has 0 aliphatic heterocycles. The van der Waals surface area contributed by atoms with Crippen LogP contribution in [0.25, 0.3) is 0 Å². The van der Waals surface area contributed by atoms with Crippen LogP contribution in [0.4, 0.5) is 0 Å². The molecule has 24 heavy (non-hydrogen) atoms. The number of hydrogen-bond acceptors (Lipinski definition) is 1. The molecule has 0 unspecified atom stereocenters. The highest BCUT2D eigenvalue weighted by Crippen LogP contribution is 2.39. The standard InChI is InChI=1S/C23H22O/c24-23(20-10-3-1-4-11-20,21-12-5-2-6-13-21)22-16-14-19(15-17-22)18-8-7-9-18/h1-6,10-18,24H,7-9H2. The van der Waals surface area contributed by atoms with Crippen LogP contribution in [0.3, 0.4) is 0 Å². The molecule has 1 fully saturated rings. The molecule has 1 aliphatic carbocycles. The molecule has 1 saturated carbocycles. The van der Waals surface area contributed by atoms with E-state index >= 15 is 0 Å². The van der Waals surface area contributed by atoms with E-state index in [0.717, 1.165) is 16.7 Å². The van der Waals surface area contributed by atoms with Gasteiger partial charge in [-0.05, 0) is 41.0 Å². The zero-order valence-electron chi connectivity index (χ0n) is 13.7. The van der Waals surface area contributed by atoms with Crippen molar-refractivity contribution in [3.05, 3.63) is 107 Å². The summed E-state index contributed by atoms with van der Waals surface area (Å²) >= 11 is 0. The summed E-state index contributed by atoms with van der Waals surface area (Å²) in [6.45, 7) is 0. The fourth-order valence-corrected chi connectivity index (χ4v) is 3.60. The van der Waals surface area contributed by atoms with E-state index in [2.05, 4.69) is 24.3 Å². The monoisotopic (exact) mass is 314 g/mol. The number of benzene rings is 3. The highest BCUT2D eigenvalue weighted by Gasteiger charge is 2.33. The molecular formula is C23H22O. The molecule has 1 nitrogen and oxygen atoms in total. The van der Waals surface area contributed by atoms with Crippen molar-refractivity contribution >= 4 is 0 Å². The van der Waals surface area contributed by atoms with Crippen molar-refractivity contribution in [3.8, 4) is 0 Å². The third-order valence-electron chi connectivity index (χ3n) is 5.29. The normalized spacial score (nSPS) is 15.0. The topological polar surface area (TPSA) is 20.2 Å². The lowest BCUT2D eigenvalue weighted by atomic mass is 9.77. The summed E-state index contributed by atoms with van der Waals surface area (Å²) in [5, 5.41) is 11.7. The molecule has 0 saturated heterocycles. The minimum atomic E-state index is -1.12. The second-order valence-electron chi connectivity index (χ2n) is 6.69. The van der Waals surface area contributed by atoms with E-state index in [1.165, 1.54) is 24.8 Å². The van der Waals surface area contributed by atoms with Crippen LogP contribution in [0.1, 0.15) is 47.4 Å². The Morgan fingerprint density at radius 1 is 0.625 bits per heavy atom. The molecule has 3 aromatic carbocycles. The van der Waals surface area contributed by atoms with E-state index in [1.807, 2.05) is 60.7 Å². The molecular weight excluding hydrogens is 292 g/mol. The lowest BCUT2D eigenvalue weighted by Crippen LogP contribution is -2.28. The largest absolute Gasteiger partial charge is 0.376 e. The minimum absolute atomic E-state index is 0.709. The zero-order valence-corrected chi connectivity index (χ0v) is 13.7. The molecule has 1 N–H and O–H groups in total. The van der Waals surface area contributed by atoms with Crippen molar-refractivity contribution in [1.29, 1.82) is 0 Å². The maximum absolute atomic E-state index is 11.7. The van der Waals surface area contributed by atoms with E-state index < -0.39 is 5.60 Å². The Bertz CT molecular complexity index is 747. The first-order valence-electron chi connectivity index (χ1n) is 8.72. The molecule has 3 aromatic rings. The first-order chi connectivity index (χ1) is 11.8. The Morgan fingerprint density at radius 3 is 1.50 bits per heavy atom. The van der Waals surface area contributed by atoms with Gasteiger partial charge in [0.15, 0.2) is 0 Å². The number of hydrogen-bond donors (Lipinski definition) is 1. The fraction of sp³-hybridized carbons (Fsp3) is 0.217. The summed E-state index contributed by atoms with van der Waals surface area (Å²) in [6.07, 6.45) is 3.92. The predicted molar refractivity (Wildman–Crippen MR) is 98.0 cm³/mol. The van der Waals surface area contributed by atoms with Gasteiger partial charge in [-0.3, -0.25) is 0 Å². The number of rotatable bonds is 4. The average Bonchev–Trinajstić information content (AvgIpc) is 2.62. The van der Waals surface area contributed by atoms with Crippen molar-refractivity contribution in [3.63, 3.8) is 0 Å². The van der Waals surface area contributed by atoms with Crippen LogP contribution in [0, 0.1) is 0 Å². The van der Waals surface area contributed by atoms with E-state index in [0.29, 0.717) is 5.92 Å². The first-order valence-corrected chi connectivity index (χ1v) is 8.72. The van der Waals surface area contributed by atoms with Crippen molar-refractivity contribution in [2.45, 2.75) is 30.8 Å². The molecule has 0 spiro atoms. The highest BCUT2D eigenvalue weighted by molar-refractivity contribution is 5.47. The van der Waals surface area contributed by atoms with Gasteiger partial charge in [-0.1, -0.05) is 91.3 Å². The molecule has 1 heteroatoms. The number of aliphatic hydroxyl groups is 1. The molecule has 4 rings (SSSR count). The van der Waals surface area contributed by atoms with Crippen LogP contribution in [-0.2, 0) is 5.60 Å². The summed E-state index contributed by atoms with van der Waals surface area (Å²) in [7, 11) is 0. The van der Waals surface area contributed by atoms with Gasteiger partial charge in [0, 0.05) is 0 Å². The van der Waals surface area contributed by atoms with Crippen molar-refractivity contribution in [1.82, 2.24) is 0 Å². The summed E-state index contributed by atoms with van der Waals surface area (Å²) in [5.74, 6) is 0.709. The van der Waals surface area contributed by atoms with Crippen molar-refractivity contribution < 1.29 is 5.11 Å². The third-order valence-corrected chi connectivity index (χ3v) is 5.29. The summed E-state index contributed by atoms with van der Waals surface area (Å²) in [6, 6.07) is 28.4. The second kappa shape index (κ2) is 6.26. The van der Waals surface area contributed by atoms with Gasteiger partial charge in [0.25, 0.3) is 0 Å². The molecule has 1 aliphatic rings. The third kappa shape index (κ3) is 2.55. The molecule has 0 bridgehead atoms. The van der Waals surface area contributed by atoms with Gasteiger partial charge in [-0.15, -0.1) is 0 Å². The molecule has 0 amide bonds. The molecule has 0 heterocycles. The lowest BCUT2D eigenvalue weighted by molar-refractivity contribution is 0.125. The Morgan fingerprint density at radius 2 is 1.08 bits per heavy atom. The van der Waals surface area contributed by atoms with Gasteiger partial charge in [0.1, 0.15) is 5.60 Å². The predicted octanol–water partition coefficient (Wildman–Crippen LogP) is 5.24. The van der Waals surface area contributed by atoms with E-state index in [1.54, 1.807) is 0 Å². The second-order valence-corrected chi connectivity index (χ2v) is 6.69. The van der Waals surface area contributed by atoms with Gasteiger partial charge in [-0.2, -0.15) is 0 Å². The lowest BCUT2D eigenvalue weighted by Gasteiger charge is -2.31. The van der Waals surface area contributed by atoms with Crippen molar-refractivity contribution in [2.24, 2.45) is 0 Å². The van der Waals surface area contributed by atoms with Gasteiger partial charge < -0.3 is 5.11 Å². The molecule has 0 atom stereocenters. The van der Waals surface area contributed by atoms with Crippen LogP contribution in [0.5, 0.6) is 0 Å².